The van der Waals surface area contributed by atoms with Gasteiger partial charge in [0.25, 0.3) is 0 Å². The molecule has 1 aromatic heterocycles. The number of benzene rings is 1. The summed E-state index contributed by atoms with van der Waals surface area (Å²) in [5.74, 6) is -0.699. The SMILES string of the molecule is Fc1ncc(-c2ccc(Cl)cc2Cl)cc1Cl. The molecule has 82 valence electrons. The molecule has 0 aliphatic heterocycles. The van der Waals surface area contributed by atoms with Crippen molar-refractivity contribution in [1.29, 1.82) is 0 Å². The Balaban J connectivity index is 2.54. The Labute approximate surface area is 107 Å². The third kappa shape index (κ3) is 2.29. The molecule has 2 rings (SSSR count). The number of hydrogen-bond donors (Lipinski definition) is 0. The summed E-state index contributed by atoms with van der Waals surface area (Å²) in [5.41, 5.74) is 1.36. The van der Waals surface area contributed by atoms with E-state index in [1.165, 1.54) is 12.3 Å². The van der Waals surface area contributed by atoms with E-state index in [9.17, 15) is 4.39 Å². The third-order valence-electron chi connectivity index (χ3n) is 2.04. The molecular formula is C11H5Cl3FN. The molecule has 1 nitrogen and oxygen atoms in total. The molecule has 0 N–H and O–H groups in total. The van der Waals surface area contributed by atoms with Crippen LogP contribution in [-0.2, 0) is 0 Å². The van der Waals surface area contributed by atoms with Gasteiger partial charge in [-0.05, 0) is 18.2 Å². The number of nitrogens with zero attached hydrogens (tertiary/aromatic N) is 1. The highest BCUT2D eigenvalue weighted by molar-refractivity contribution is 6.36. The van der Waals surface area contributed by atoms with Crippen LogP contribution in [0.5, 0.6) is 0 Å². The number of pyridine rings is 1. The molecule has 0 atom stereocenters. The molecule has 0 saturated heterocycles. The summed E-state index contributed by atoms with van der Waals surface area (Å²) < 4.78 is 12.9. The van der Waals surface area contributed by atoms with Crippen LogP contribution in [0.4, 0.5) is 4.39 Å². The second-order valence-corrected chi connectivity index (χ2v) is 4.37. The van der Waals surface area contributed by atoms with Crippen molar-refractivity contribution in [3.8, 4) is 11.1 Å². The molecule has 0 spiro atoms. The molecule has 0 unspecified atom stereocenters. The lowest BCUT2D eigenvalue weighted by Gasteiger charge is -2.05. The first-order valence-electron chi connectivity index (χ1n) is 4.34. The lowest BCUT2D eigenvalue weighted by atomic mass is 10.1. The summed E-state index contributed by atoms with van der Waals surface area (Å²) in [7, 11) is 0. The van der Waals surface area contributed by atoms with Crippen molar-refractivity contribution in [2.75, 3.05) is 0 Å². The highest BCUT2D eigenvalue weighted by Crippen LogP contribution is 2.31. The van der Waals surface area contributed by atoms with Gasteiger partial charge in [-0.1, -0.05) is 40.9 Å². The van der Waals surface area contributed by atoms with E-state index in [2.05, 4.69) is 4.98 Å². The summed E-state index contributed by atoms with van der Waals surface area (Å²) in [6, 6.07) is 6.50. The first-order valence-corrected chi connectivity index (χ1v) is 5.48. The van der Waals surface area contributed by atoms with E-state index in [1.54, 1.807) is 18.2 Å². The Hall–Kier alpha value is -0.830. The average Bonchev–Trinajstić information content (AvgIpc) is 2.22. The van der Waals surface area contributed by atoms with Crippen molar-refractivity contribution >= 4 is 34.8 Å². The summed E-state index contributed by atoms with van der Waals surface area (Å²) in [5, 5.41) is 0.968. The minimum atomic E-state index is -0.699. The molecule has 0 amide bonds. The highest BCUT2D eigenvalue weighted by Gasteiger charge is 2.08. The van der Waals surface area contributed by atoms with Gasteiger partial charge in [-0.3, -0.25) is 0 Å². The van der Waals surface area contributed by atoms with Gasteiger partial charge in [0, 0.05) is 27.4 Å². The Morgan fingerprint density at radius 1 is 1.00 bits per heavy atom. The summed E-state index contributed by atoms with van der Waals surface area (Å²) >= 11 is 17.4. The molecule has 0 radical (unpaired) electrons. The average molecular weight is 277 g/mol. The van der Waals surface area contributed by atoms with Gasteiger partial charge in [0.2, 0.25) is 5.95 Å². The van der Waals surface area contributed by atoms with Gasteiger partial charge in [-0.15, -0.1) is 0 Å². The van der Waals surface area contributed by atoms with Crippen LogP contribution in [0.1, 0.15) is 0 Å². The van der Waals surface area contributed by atoms with Crippen LogP contribution in [0.15, 0.2) is 30.5 Å². The number of rotatable bonds is 1. The molecular weight excluding hydrogens is 271 g/mol. The minimum Gasteiger partial charge on any atom is -0.226 e. The predicted molar refractivity (Wildman–Crippen MR) is 64.7 cm³/mol. The van der Waals surface area contributed by atoms with Crippen LogP contribution >= 0.6 is 34.8 Å². The van der Waals surface area contributed by atoms with Gasteiger partial charge in [0.15, 0.2) is 0 Å². The van der Waals surface area contributed by atoms with Crippen molar-refractivity contribution in [3.05, 3.63) is 51.5 Å². The van der Waals surface area contributed by atoms with Gasteiger partial charge in [-0.2, -0.15) is 4.39 Å². The molecule has 1 heterocycles. The quantitative estimate of drug-likeness (QED) is 0.679. The third-order valence-corrected chi connectivity index (χ3v) is 2.85. The summed E-state index contributed by atoms with van der Waals surface area (Å²) in [6.45, 7) is 0. The van der Waals surface area contributed by atoms with Crippen LogP contribution in [0, 0.1) is 5.95 Å². The fourth-order valence-electron chi connectivity index (χ4n) is 1.29. The van der Waals surface area contributed by atoms with Crippen molar-refractivity contribution in [3.63, 3.8) is 0 Å². The fourth-order valence-corrected chi connectivity index (χ4v) is 1.98. The lowest BCUT2D eigenvalue weighted by Crippen LogP contribution is -1.87. The molecule has 1 aromatic carbocycles. The van der Waals surface area contributed by atoms with Gasteiger partial charge in [0.1, 0.15) is 0 Å². The largest absolute Gasteiger partial charge is 0.231 e. The molecule has 0 fully saturated rings. The lowest BCUT2D eigenvalue weighted by molar-refractivity contribution is 0.584. The van der Waals surface area contributed by atoms with Crippen molar-refractivity contribution in [2.24, 2.45) is 0 Å². The molecule has 0 bridgehead atoms. The normalized spacial score (nSPS) is 10.5. The standard InChI is InChI=1S/C11H5Cl3FN/c12-7-1-2-8(9(13)4-7)6-3-10(14)11(15)16-5-6/h1-5H. The maximum absolute atomic E-state index is 12.9. The van der Waals surface area contributed by atoms with Crippen molar-refractivity contribution in [2.45, 2.75) is 0 Å². The Bertz CT molecular complexity index is 543. The first kappa shape index (κ1) is 11.6. The van der Waals surface area contributed by atoms with E-state index in [-0.39, 0.29) is 5.02 Å². The molecule has 0 aliphatic rings. The number of aromatic nitrogens is 1. The van der Waals surface area contributed by atoms with Crippen molar-refractivity contribution < 1.29 is 4.39 Å². The van der Waals surface area contributed by atoms with Gasteiger partial charge in [0.05, 0.1) is 5.02 Å². The molecule has 0 aliphatic carbocycles. The van der Waals surface area contributed by atoms with Crippen molar-refractivity contribution in [1.82, 2.24) is 4.98 Å². The number of halogens is 4. The van der Waals surface area contributed by atoms with E-state index in [1.807, 2.05) is 0 Å². The van der Waals surface area contributed by atoms with Crippen LogP contribution in [0.25, 0.3) is 11.1 Å². The Morgan fingerprint density at radius 3 is 2.38 bits per heavy atom. The smallest absolute Gasteiger partial charge is 0.226 e. The topological polar surface area (TPSA) is 12.9 Å². The monoisotopic (exact) mass is 275 g/mol. The van der Waals surface area contributed by atoms with E-state index in [4.69, 9.17) is 34.8 Å². The van der Waals surface area contributed by atoms with Crippen LogP contribution < -0.4 is 0 Å². The van der Waals surface area contributed by atoms with Crippen LogP contribution in [-0.4, -0.2) is 4.98 Å². The zero-order chi connectivity index (χ0) is 11.7. The van der Waals surface area contributed by atoms with Gasteiger partial charge in [-0.25, -0.2) is 4.98 Å². The number of hydrogen-bond acceptors (Lipinski definition) is 1. The second kappa shape index (κ2) is 4.58. The molecule has 16 heavy (non-hydrogen) atoms. The molecule has 5 heteroatoms. The maximum Gasteiger partial charge on any atom is 0.231 e. The zero-order valence-electron chi connectivity index (χ0n) is 7.85. The minimum absolute atomic E-state index is 0.0384. The van der Waals surface area contributed by atoms with Crippen LogP contribution in [0.3, 0.4) is 0 Å². The summed E-state index contributed by atoms with van der Waals surface area (Å²) in [6.07, 6.45) is 1.37. The van der Waals surface area contributed by atoms with Crippen LogP contribution in [0.2, 0.25) is 15.1 Å². The highest BCUT2D eigenvalue weighted by atomic mass is 35.5. The maximum atomic E-state index is 12.9. The van der Waals surface area contributed by atoms with Gasteiger partial charge >= 0.3 is 0 Å². The van der Waals surface area contributed by atoms with E-state index < -0.39 is 5.95 Å². The van der Waals surface area contributed by atoms with E-state index >= 15 is 0 Å². The predicted octanol–water partition coefficient (Wildman–Crippen LogP) is 4.85. The molecule has 0 saturated carbocycles. The second-order valence-electron chi connectivity index (χ2n) is 3.12. The fraction of sp³-hybridized carbons (Fsp3) is 0. The Morgan fingerprint density at radius 2 is 1.75 bits per heavy atom. The zero-order valence-corrected chi connectivity index (χ0v) is 10.1. The van der Waals surface area contributed by atoms with E-state index in [0.717, 1.165) is 0 Å². The first-order chi connectivity index (χ1) is 7.58. The molecule has 2 aromatic rings. The summed E-state index contributed by atoms with van der Waals surface area (Å²) in [4.78, 5) is 3.53. The Kier molecular flexibility index (Phi) is 3.33. The van der Waals surface area contributed by atoms with E-state index in [0.29, 0.717) is 21.2 Å². The van der Waals surface area contributed by atoms with Gasteiger partial charge < -0.3 is 0 Å².